The Bertz CT molecular complexity index is 591. The maximum absolute atomic E-state index is 13.4. The molecule has 0 saturated heterocycles. The van der Waals surface area contributed by atoms with Crippen LogP contribution in [0.5, 0.6) is 0 Å². The predicted octanol–water partition coefficient (Wildman–Crippen LogP) is 2.27. The fourth-order valence-electron chi connectivity index (χ4n) is 1.39. The molecule has 104 valence electrons. The average molecular weight is 284 g/mol. The molecule has 1 atom stereocenters. The standard InChI is InChI=1S/C13H17FN2O2S/c1-9(2)10(3)8-16-19(17,18)13-6-4-5-12(14)11(13)7-15/h4-6,9-10,16H,8H2,1-3H3. The van der Waals surface area contributed by atoms with Crippen molar-refractivity contribution >= 4 is 10.0 Å². The van der Waals surface area contributed by atoms with E-state index in [1.807, 2.05) is 20.8 Å². The van der Waals surface area contributed by atoms with Gasteiger partial charge in [0.05, 0.1) is 0 Å². The van der Waals surface area contributed by atoms with Crippen LogP contribution in [0.25, 0.3) is 0 Å². The molecule has 1 aromatic rings. The van der Waals surface area contributed by atoms with Crippen LogP contribution in [0, 0.1) is 29.0 Å². The van der Waals surface area contributed by atoms with Crippen molar-refractivity contribution in [3.05, 3.63) is 29.6 Å². The topological polar surface area (TPSA) is 70.0 Å². The van der Waals surface area contributed by atoms with Gasteiger partial charge in [0.2, 0.25) is 10.0 Å². The zero-order valence-electron chi connectivity index (χ0n) is 11.1. The van der Waals surface area contributed by atoms with Crippen LogP contribution < -0.4 is 4.72 Å². The summed E-state index contributed by atoms with van der Waals surface area (Å²) in [7, 11) is -3.87. The van der Waals surface area contributed by atoms with Crippen molar-refractivity contribution < 1.29 is 12.8 Å². The van der Waals surface area contributed by atoms with Gasteiger partial charge < -0.3 is 0 Å². The smallest absolute Gasteiger partial charge is 0.211 e. The van der Waals surface area contributed by atoms with Crippen molar-refractivity contribution in [3.8, 4) is 6.07 Å². The van der Waals surface area contributed by atoms with E-state index >= 15 is 0 Å². The molecule has 4 nitrogen and oxygen atoms in total. The molecule has 1 aromatic carbocycles. The highest BCUT2D eigenvalue weighted by atomic mass is 32.2. The summed E-state index contributed by atoms with van der Waals surface area (Å²) in [6, 6.07) is 5.15. The molecule has 0 aliphatic carbocycles. The SMILES string of the molecule is CC(C)C(C)CNS(=O)(=O)c1cccc(F)c1C#N. The van der Waals surface area contributed by atoms with E-state index < -0.39 is 21.4 Å². The maximum atomic E-state index is 13.4. The van der Waals surface area contributed by atoms with Gasteiger partial charge in [-0.2, -0.15) is 5.26 Å². The molecule has 0 saturated carbocycles. The van der Waals surface area contributed by atoms with Crippen molar-refractivity contribution in [2.24, 2.45) is 11.8 Å². The molecule has 1 N–H and O–H groups in total. The molecule has 0 bridgehead atoms. The molecular weight excluding hydrogens is 267 g/mol. The largest absolute Gasteiger partial charge is 0.242 e. The third kappa shape index (κ3) is 3.75. The Hall–Kier alpha value is -1.45. The second-order valence-electron chi connectivity index (χ2n) is 4.80. The first-order valence-electron chi connectivity index (χ1n) is 5.98. The minimum atomic E-state index is -3.87. The van der Waals surface area contributed by atoms with Crippen LogP contribution in [-0.2, 0) is 10.0 Å². The van der Waals surface area contributed by atoms with Gasteiger partial charge in [-0.3, -0.25) is 0 Å². The Morgan fingerprint density at radius 2 is 2.00 bits per heavy atom. The van der Waals surface area contributed by atoms with Crippen LogP contribution in [0.2, 0.25) is 0 Å². The molecule has 0 aliphatic rings. The molecule has 0 heterocycles. The summed E-state index contributed by atoms with van der Waals surface area (Å²) >= 11 is 0. The van der Waals surface area contributed by atoms with E-state index in [2.05, 4.69) is 4.72 Å². The van der Waals surface area contributed by atoms with Gasteiger partial charge in [-0.25, -0.2) is 17.5 Å². The number of halogens is 1. The Morgan fingerprint density at radius 1 is 1.37 bits per heavy atom. The fraction of sp³-hybridized carbons (Fsp3) is 0.462. The lowest BCUT2D eigenvalue weighted by Crippen LogP contribution is -2.30. The lowest BCUT2D eigenvalue weighted by Gasteiger charge is -2.16. The van der Waals surface area contributed by atoms with E-state index in [1.54, 1.807) is 6.07 Å². The Balaban J connectivity index is 3.03. The highest BCUT2D eigenvalue weighted by Gasteiger charge is 2.22. The lowest BCUT2D eigenvalue weighted by molar-refractivity contribution is 0.414. The van der Waals surface area contributed by atoms with E-state index in [9.17, 15) is 12.8 Å². The van der Waals surface area contributed by atoms with Gasteiger partial charge in [-0.1, -0.05) is 26.8 Å². The molecule has 6 heteroatoms. The van der Waals surface area contributed by atoms with Crippen LogP contribution in [0.3, 0.4) is 0 Å². The van der Waals surface area contributed by atoms with E-state index in [0.717, 1.165) is 6.07 Å². The summed E-state index contributed by atoms with van der Waals surface area (Å²) in [5, 5.41) is 8.85. The van der Waals surface area contributed by atoms with Crippen LogP contribution >= 0.6 is 0 Å². The molecular formula is C13H17FN2O2S. The molecule has 0 aliphatic heterocycles. The van der Waals surface area contributed by atoms with Gasteiger partial charge in [-0.15, -0.1) is 0 Å². The highest BCUT2D eigenvalue weighted by Crippen LogP contribution is 2.18. The molecule has 1 unspecified atom stereocenters. The third-order valence-corrected chi connectivity index (χ3v) is 4.58. The van der Waals surface area contributed by atoms with Crippen molar-refractivity contribution in [1.82, 2.24) is 4.72 Å². The molecule has 0 fully saturated rings. The Kier molecular flexibility index (Phi) is 5.04. The number of hydrogen-bond acceptors (Lipinski definition) is 3. The van der Waals surface area contributed by atoms with Crippen molar-refractivity contribution in [2.45, 2.75) is 25.7 Å². The predicted molar refractivity (Wildman–Crippen MR) is 70.3 cm³/mol. The van der Waals surface area contributed by atoms with Crippen molar-refractivity contribution in [2.75, 3.05) is 6.54 Å². The highest BCUT2D eigenvalue weighted by molar-refractivity contribution is 7.89. The third-order valence-electron chi connectivity index (χ3n) is 3.11. The molecule has 0 radical (unpaired) electrons. The number of nitrogens with one attached hydrogen (secondary N) is 1. The fourth-order valence-corrected chi connectivity index (χ4v) is 2.70. The van der Waals surface area contributed by atoms with E-state index in [0.29, 0.717) is 5.92 Å². The minimum absolute atomic E-state index is 0.147. The van der Waals surface area contributed by atoms with Crippen LogP contribution in [0.15, 0.2) is 23.1 Å². The number of benzene rings is 1. The van der Waals surface area contributed by atoms with Gasteiger partial charge >= 0.3 is 0 Å². The normalized spacial score (nSPS) is 13.3. The Morgan fingerprint density at radius 3 is 2.53 bits per heavy atom. The van der Waals surface area contributed by atoms with Gasteiger partial charge in [0.25, 0.3) is 0 Å². The monoisotopic (exact) mass is 284 g/mol. The van der Waals surface area contributed by atoms with Gasteiger partial charge in [0, 0.05) is 6.54 Å². The van der Waals surface area contributed by atoms with E-state index in [1.165, 1.54) is 12.1 Å². The second kappa shape index (κ2) is 6.13. The molecule has 1 rings (SSSR count). The van der Waals surface area contributed by atoms with Crippen molar-refractivity contribution in [1.29, 1.82) is 5.26 Å². The Labute approximate surface area is 113 Å². The van der Waals surface area contributed by atoms with Gasteiger partial charge in [-0.05, 0) is 24.0 Å². The number of nitrogens with zero attached hydrogens (tertiary/aromatic N) is 1. The first-order chi connectivity index (χ1) is 8.79. The zero-order valence-corrected chi connectivity index (χ0v) is 12.0. The summed E-state index contributed by atoms with van der Waals surface area (Å²) < 4.78 is 39.9. The molecule has 0 spiro atoms. The lowest BCUT2D eigenvalue weighted by atomic mass is 9.99. The van der Waals surface area contributed by atoms with E-state index in [4.69, 9.17) is 5.26 Å². The first-order valence-corrected chi connectivity index (χ1v) is 7.46. The number of hydrogen-bond donors (Lipinski definition) is 1. The number of rotatable bonds is 5. The molecule has 0 aromatic heterocycles. The second-order valence-corrected chi connectivity index (χ2v) is 6.53. The van der Waals surface area contributed by atoms with E-state index in [-0.39, 0.29) is 17.4 Å². The van der Waals surface area contributed by atoms with Crippen molar-refractivity contribution in [3.63, 3.8) is 0 Å². The average Bonchev–Trinajstić information content (AvgIpc) is 2.35. The number of nitriles is 1. The van der Waals surface area contributed by atoms with Crippen LogP contribution in [0.1, 0.15) is 26.3 Å². The molecule has 0 amide bonds. The van der Waals surface area contributed by atoms with Gasteiger partial charge in [0.1, 0.15) is 22.3 Å². The summed E-state index contributed by atoms with van der Waals surface area (Å²) in [5.74, 6) is -0.359. The quantitative estimate of drug-likeness (QED) is 0.901. The zero-order chi connectivity index (χ0) is 14.6. The minimum Gasteiger partial charge on any atom is -0.211 e. The molecule has 19 heavy (non-hydrogen) atoms. The summed E-state index contributed by atoms with van der Waals surface area (Å²) in [5.41, 5.74) is -0.452. The summed E-state index contributed by atoms with van der Waals surface area (Å²) in [6.07, 6.45) is 0. The maximum Gasteiger partial charge on any atom is 0.242 e. The summed E-state index contributed by atoms with van der Waals surface area (Å²) in [6.45, 7) is 6.15. The summed E-state index contributed by atoms with van der Waals surface area (Å²) in [4.78, 5) is -0.314. The first kappa shape index (κ1) is 15.6. The van der Waals surface area contributed by atoms with Crippen LogP contribution in [-0.4, -0.2) is 15.0 Å². The van der Waals surface area contributed by atoms with Crippen LogP contribution in [0.4, 0.5) is 4.39 Å². The number of sulfonamides is 1. The van der Waals surface area contributed by atoms with Gasteiger partial charge in [0.15, 0.2) is 0 Å².